The number of hydrogen-bond acceptors (Lipinski definition) is 6. The molecule has 1 N–H and O–H groups in total. The maximum Gasteiger partial charge on any atom is 0.253 e. The van der Waals surface area contributed by atoms with Crippen LogP contribution in [-0.2, 0) is 28.0 Å². The highest BCUT2D eigenvalue weighted by Crippen LogP contribution is 2.47. The number of hydrogen-bond donors (Lipinski definition) is 1. The number of carbonyl (C=O) groups is 3. The Labute approximate surface area is 243 Å². The zero-order valence-electron chi connectivity index (χ0n) is 22.0. The number of rotatable bonds is 9. The molecule has 2 heterocycles. The van der Waals surface area contributed by atoms with Crippen molar-refractivity contribution in [3.05, 3.63) is 64.7 Å². The van der Waals surface area contributed by atoms with E-state index in [1.807, 2.05) is 24.3 Å². The van der Waals surface area contributed by atoms with Gasteiger partial charge in [-0.15, -0.1) is 0 Å². The lowest BCUT2D eigenvalue weighted by Gasteiger charge is -2.48. The SMILES string of the molecule is [B]C(=O)NC(=O)C([B])([B])C([B])([B])CN1C(=O)c2cccc(OCc3ccc(CN4CCOCC4)cc3)c2C1([B])[B]. The highest BCUT2D eigenvalue weighted by Gasteiger charge is 2.49. The fraction of sp³-hybridized carbons (Fsp3) is 0.400. The molecule has 2 aliphatic rings. The van der Waals surface area contributed by atoms with E-state index in [0.717, 1.165) is 43.3 Å². The molecule has 8 nitrogen and oxygen atoms in total. The van der Waals surface area contributed by atoms with E-state index in [9.17, 15) is 14.4 Å². The molecule has 2 aromatic rings. The molecule has 1 fully saturated rings. The summed E-state index contributed by atoms with van der Waals surface area (Å²) >= 11 is 0. The molecular weight excluding hydrogens is 498 g/mol. The number of nitrogens with one attached hydrogen (secondary N) is 1. The Kier molecular flexibility index (Phi) is 8.76. The smallest absolute Gasteiger partial charge is 0.253 e. The first-order valence-corrected chi connectivity index (χ1v) is 12.5. The molecule has 2 aromatic carbocycles. The van der Waals surface area contributed by atoms with E-state index in [4.69, 9.17) is 64.4 Å². The number of fused-ring (bicyclic) bond motifs is 1. The maximum atomic E-state index is 13.3. The van der Waals surface area contributed by atoms with Gasteiger partial charge in [0.25, 0.3) is 5.91 Å². The largest absolute Gasteiger partial charge is 0.489 e. The van der Waals surface area contributed by atoms with Crippen LogP contribution in [-0.4, -0.2) is 115 Å². The molecule has 15 heteroatoms. The summed E-state index contributed by atoms with van der Waals surface area (Å²) in [5.41, 5.74) is 2.41. The van der Waals surface area contributed by atoms with Gasteiger partial charge in [0.05, 0.1) is 60.3 Å². The van der Waals surface area contributed by atoms with Crippen LogP contribution in [0.1, 0.15) is 27.0 Å². The van der Waals surface area contributed by atoms with E-state index in [1.54, 1.807) is 17.4 Å². The van der Waals surface area contributed by atoms with E-state index >= 15 is 0 Å². The number of amides is 3. The molecule has 4 rings (SSSR count). The van der Waals surface area contributed by atoms with E-state index in [1.165, 1.54) is 11.6 Å². The highest BCUT2D eigenvalue weighted by atomic mass is 16.5. The molecule has 14 radical (unpaired) electrons. The van der Waals surface area contributed by atoms with Gasteiger partial charge < -0.3 is 19.7 Å². The Morgan fingerprint density at radius 2 is 1.62 bits per heavy atom. The van der Waals surface area contributed by atoms with Crippen molar-refractivity contribution in [1.82, 2.24) is 15.1 Å². The second-order valence-corrected chi connectivity index (χ2v) is 10.1. The van der Waals surface area contributed by atoms with Crippen LogP contribution in [0.4, 0.5) is 4.79 Å². The molecule has 0 bridgehead atoms. The van der Waals surface area contributed by atoms with Crippen LogP contribution in [0.15, 0.2) is 42.5 Å². The van der Waals surface area contributed by atoms with Crippen LogP contribution in [0.25, 0.3) is 0 Å². The first-order valence-electron chi connectivity index (χ1n) is 12.5. The molecule has 0 atom stereocenters. The van der Waals surface area contributed by atoms with Gasteiger partial charge in [-0.25, -0.2) is 0 Å². The van der Waals surface area contributed by atoms with Gasteiger partial charge in [-0.1, -0.05) is 35.5 Å². The van der Waals surface area contributed by atoms with E-state index < -0.39 is 39.9 Å². The van der Waals surface area contributed by atoms with Crippen molar-refractivity contribution in [2.24, 2.45) is 0 Å². The molecule has 0 aliphatic carbocycles. The first-order chi connectivity index (χ1) is 18.7. The summed E-state index contributed by atoms with van der Waals surface area (Å²) in [4.78, 5) is 40.0. The number of nitrogens with zero attached hydrogens (tertiary/aromatic N) is 2. The van der Waals surface area contributed by atoms with Crippen molar-refractivity contribution >= 4 is 72.5 Å². The van der Waals surface area contributed by atoms with E-state index in [-0.39, 0.29) is 23.5 Å². The van der Waals surface area contributed by atoms with E-state index in [2.05, 4.69) is 4.90 Å². The molecular formula is C25H22B7N3O5. The third kappa shape index (κ3) is 6.10. The van der Waals surface area contributed by atoms with Crippen molar-refractivity contribution in [2.45, 2.75) is 28.9 Å². The Balaban J connectivity index is 1.49. The summed E-state index contributed by atoms with van der Waals surface area (Å²) < 4.78 is 11.4. The summed E-state index contributed by atoms with van der Waals surface area (Å²) in [5.74, 6) is -2.84. The lowest BCUT2D eigenvalue weighted by atomic mass is 9.29. The second-order valence-electron chi connectivity index (χ2n) is 10.1. The molecule has 40 heavy (non-hydrogen) atoms. The number of imide groups is 1. The van der Waals surface area contributed by atoms with Gasteiger partial charge in [-0.05, 0) is 33.8 Å². The Hall–Kier alpha value is -2.78. The van der Waals surface area contributed by atoms with Crippen LogP contribution in [0.2, 0.25) is 10.4 Å². The lowest BCUT2D eigenvalue weighted by molar-refractivity contribution is -0.121. The average molecular weight is 520 g/mol. The summed E-state index contributed by atoms with van der Waals surface area (Å²) in [6.45, 7) is 3.62. The fourth-order valence-electron chi connectivity index (χ4n) is 4.63. The third-order valence-corrected chi connectivity index (χ3v) is 7.08. The van der Waals surface area contributed by atoms with Crippen molar-refractivity contribution in [1.29, 1.82) is 0 Å². The summed E-state index contributed by atoms with van der Waals surface area (Å²) in [6, 6.07) is 12.8. The van der Waals surface area contributed by atoms with Gasteiger partial charge in [0.15, 0.2) is 5.81 Å². The normalized spacial score (nSPS) is 17.3. The first kappa shape index (κ1) is 30.2. The molecule has 2 aliphatic heterocycles. The topological polar surface area (TPSA) is 88.2 Å². The van der Waals surface area contributed by atoms with Crippen LogP contribution >= 0.6 is 0 Å². The standard InChI is InChI=1S/C25H22B7N3O5/c26-22(38)33-21(37)24(29,30)23(27,28)14-35-20(36)17-2-1-3-18(19(17)25(35,31)32)40-13-16-6-4-15(5-7-16)12-34-8-10-39-11-9-34/h1-7H,8-14H2,(H,33,37,38). The van der Waals surface area contributed by atoms with Gasteiger partial charge in [0, 0.05) is 37.3 Å². The molecule has 3 amide bonds. The fourth-order valence-corrected chi connectivity index (χ4v) is 4.63. The molecule has 0 unspecified atom stereocenters. The van der Waals surface area contributed by atoms with Crippen molar-refractivity contribution in [3.8, 4) is 5.75 Å². The molecule has 0 aromatic heterocycles. The van der Waals surface area contributed by atoms with Crippen molar-refractivity contribution in [3.63, 3.8) is 0 Å². The predicted octanol–water partition coefficient (Wildman–Crippen LogP) is -0.688. The summed E-state index contributed by atoms with van der Waals surface area (Å²) in [7, 11) is 41.7. The molecule has 0 saturated carbocycles. The zero-order chi connectivity index (χ0) is 29.3. The number of morpholine rings is 1. The Bertz CT molecular complexity index is 1280. The highest BCUT2D eigenvalue weighted by molar-refractivity contribution is 6.64. The lowest BCUT2D eigenvalue weighted by Crippen LogP contribution is -2.55. The maximum absolute atomic E-state index is 13.3. The van der Waals surface area contributed by atoms with Crippen molar-refractivity contribution < 1.29 is 23.9 Å². The Morgan fingerprint density at radius 3 is 2.25 bits per heavy atom. The predicted molar refractivity (Wildman–Crippen MR) is 155 cm³/mol. The number of benzene rings is 2. The zero-order valence-corrected chi connectivity index (χ0v) is 22.0. The average Bonchev–Trinajstić information content (AvgIpc) is 3.09. The van der Waals surface area contributed by atoms with Crippen LogP contribution in [0.5, 0.6) is 5.75 Å². The Morgan fingerprint density at radius 1 is 1.00 bits per heavy atom. The quantitative estimate of drug-likeness (QED) is 0.441. The monoisotopic (exact) mass is 521 g/mol. The van der Waals surface area contributed by atoms with Gasteiger partial charge in [-0.3, -0.25) is 19.3 Å². The minimum Gasteiger partial charge on any atom is -0.489 e. The number of carbonyl (C=O) groups excluding carboxylic acids is 3. The summed E-state index contributed by atoms with van der Waals surface area (Å²) in [5, 5.41) is -5.06. The van der Waals surface area contributed by atoms with E-state index in [0.29, 0.717) is 0 Å². The van der Waals surface area contributed by atoms with Crippen LogP contribution in [0.3, 0.4) is 0 Å². The van der Waals surface area contributed by atoms with Gasteiger partial charge in [0.2, 0.25) is 13.8 Å². The molecule has 0 spiro atoms. The molecule has 188 valence electrons. The minimum atomic E-state index is -2.54. The third-order valence-electron chi connectivity index (χ3n) is 7.08. The molecule has 1 saturated heterocycles. The summed E-state index contributed by atoms with van der Waals surface area (Å²) in [6.07, 6.45) is 0. The minimum absolute atomic E-state index is 0.153. The van der Waals surface area contributed by atoms with Crippen molar-refractivity contribution in [2.75, 3.05) is 32.8 Å². The van der Waals surface area contributed by atoms with Gasteiger partial charge in [0.1, 0.15) is 12.4 Å². The second kappa shape index (κ2) is 11.6. The van der Waals surface area contributed by atoms with Crippen LogP contribution in [0, 0.1) is 0 Å². The number of ether oxygens (including phenoxy) is 2. The van der Waals surface area contributed by atoms with Gasteiger partial charge in [-0.2, -0.15) is 0 Å². The van der Waals surface area contributed by atoms with Gasteiger partial charge >= 0.3 is 0 Å². The van der Waals surface area contributed by atoms with Crippen LogP contribution < -0.4 is 10.1 Å².